The number of nitrogens with one attached hydrogen (secondary N) is 1. The van der Waals surface area contributed by atoms with Crippen molar-refractivity contribution in [2.24, 2.45) is 0 Å². The average molecular weight is 338 g/mol. The number of aryl methyl sites for hydroxylation is 1. The van der Waals surface area contributed by atoms with Crippen molar-refractivity contribution in [3.8, 4) is 5.75 Å². The molecular formula is C17H17Cl2NO2. The maximum Gasteiger partial charge on any atom is 0.224 e. The van der Waals surface area contributed by atoms with Crippen LogP contribution in [-0.4, -0.2) is 12.5 Å². The van der Waals surface area contributed by atoms with Crippen LogP contribution in [0.3, 0.4) is 0 Å². The van der Waals surface area contributed by atoms with Crippen molar-refractivity contribution < 1.29 is 9.53 Å². The minimum atomic E-state index is -0.0369. The summed E-state index contributed by atoms with van der Waals surface area (Å²) in [4.78, 5) is 11.9. The molecule has 0 unspecified atom stereocenters. The molecule has 2 aromatic rings. The molecule has 0 aliphatic rings. The smallest absolute Gasteiger partial charge is 0.224 e. The molecule has 0 spiro atoms. The number of carbonyl (C=O) groups is 1. The molecule has 1 N–H and O–H groups in total. The lowest BCUT2D eigenvalue weighted by molar-refractivity contribution is -0.116. The van der Waals surface area contributed by atoms with Gasteiger partial charge in [0.25, 0.3) is 0 Å². The van der Waals surface area contributed by atoms with Crippen molar-refractivity contribution >= 4 is 34.8 Å². The standard InChI is InChI=1S/C17H17Cl2NO2/c1-12-11-14(19)6-9-16(12)20-17(21)3-2-10-22-15-7-4-13(18)5-8-15/h4-9,11H,2-3,10H2,1H3,(H,20,21). The summed E-state index contributed by atoms with van der Waals surface area (Å²) in [6.45, 7) is 2.39. The van der Waals surface area contributed by atoms with Crippen LogP contribution in [0.5, 0.6) is 5.75 Å². The monoisotopic (exact) mass is 337 g/mol. The van der Waals surface area contributed by atoms with Crippen LogP contribution in [0, 0.1) is 6.92 Å². The van der Waals surface area contributed by atoms with Gasteiger partial charge in [0, 0.05) is 22.2 Å². The Hall–Kier alpha value is -1.71. The van der Waals surface area contributed by atoms with E-state index in [4.69, 9.17) is 27.9 Å². The van der Waals surface area contributed by atoms with Crippen LogP contribution in [0.2, 0.25) is 10.0 Å². The number of amides is 1. The first-order chi connectivity index (χ1) is 10.5. The molecule has 2 aromatic carbocycles. The highest BCUT2D eigenvalue weighted by atomic mass is 35.5. The molecule has 0 heterocycles. The fraction of sp³-hybridized carbons (Fsp3) is 0.235. The zero-order valence-electron chi connectivity index (χ0n) is 12.2. The molecule has 2 rings (SSSR count). The Balaban J connectivity index is 1.72. The summed E-state index contributed by atoms with van der Waals surface area (Å²) < 4.78 is 5.54. The van der Waals surface area contributed by atoms with Crippen LogP contribution >= 0.6 is 23.2 Å². The van der Waals surface area contributed by atoms with Crippen LogP contribution < -0.4 is 10.1 Å². The number of hydrogen-bond donors (Lipinski definition) is 1. The third kappa shape index (κ3) is 5.24. The average Bonchev–Trinajstić information content (AvgIpc) is 2.48. The summed E-state index contributed by atoms with van der Waals surface area (Å²) in [6, 6.07) is 12.5. The summed E-state index contributed by atoms with van der Waals surface area (Å²) in [5.41, 5.74) is 1.73. The molecule has 0 aromatic heterocycles. The third-order valence-corrected chi connectivity index (χ3v) is 3.58. The third-order valence-electron chi connectivity index (χ3n) is 3.09. The minimum Gasteiger partial charge on any atom is -0.494 e. The lowest BCUT2D eigenvalue weighted by atomic mass is 10.2. The number of anilines is 1. The number of rotatable bonds is 6. The van der Waals surface area contributed by atoms with Gasteiger partial charge < -0.3 is 10.1 Å². The van der Waals surface area contributed by atoms with E-state index in [1.807, 2.05) is 13.0 Å². The summed E-state index contributed by atoms with van der Waals surface area (Å²) in [5.74, 6) is 0.712. The molecule has 0 saturated heterocycles. The summed E-state index contributed by atoms with van der Waals surface area (Å²) in [7, 11) is 0. The van der Waals surface area contributed by atoms with E-state index >= 15 is 0 Å². The van der Waals surface area contributed by atoms with E-state index in [-0.39, 0.29) is 5.91 Å². The highest BCUT2D eigenvalue weighted by molar-refractivity contribution is 6.31. The van der Waals surface area contributed by atoms with Crippen LogP contribution in [0.4, 0.5) is 5.69 Å². The Morgan fingerprint density at radius 1 is 1.09 bits per heavy atom. The predicted octanol–water partition coefficient (Wildman–Crippen LogP) is 5.10. The lowest BCUT2D eigenvalue weighted by Crippen LogP contribution is -2.13. The zero-order chi connectivity index (χ0) is 15.9. The Morgan fingerprint density at radius 2 is 1.77 bits per heavy atom. The highest BCUT2D eigenvalue weighted by Crippen LogP contribution is 2.20. The van der Waals surface area contributed by atoms with Gasteiger partial charge in [-0.15, -0.1) is 0 Å². The van der Waals surface area contributed by atoms with Crippen LogP contribution in [0.1, 0.15) is 18.4 Å². The maximum absolute atomic E-state index is 11.9. The summed E-state index contributed by atoms with van der Waals surface area (Å²) in [5, 5.41) is 4.20. The Morgan fingerprint density at radius 3 is 2.45 bits per heavy atom. The maximum atomic E-state index is 11.9. The van der Waals surface area contributed by atoms with E-state index in [1.54, 1.807) is 36.4 Å². The molecule has 0 aliphatic heterocycles. The van der Waals surface area contributed by atoms with E-state index in [2.05, 4.69) is 5.32 Å². The van der Waals surface area contributed by atoms with Gasteiger partial charge in [-0.25, -0.2) is 0 Å². The molecule has 0 atom stereocenters. The molecule has 1 amide bonds. The molecule has 116 valence electrons. The highest BCUT2D eigenvalue weighted by Gasteiger charge is 2.05. The molecular weight excluding hydrogens is 321 g/mol. The second kappa shape index (κ2) is 8.06. The van der Waals surface area contributed by atoms with E-state index in [0.29, 0.717) is 29.5 Å². The van der Waals surface area contributed by atoms with E-state index in [1.165, 1.54) is 0 Å². The van der Waals surface area contributed by atoms with E-state index < -0.39 is 0 Å². The molecule has 0 aliphatic carbocycles. The van der Waals surface area contributed by atoms with Gasteiger partial charge in [-0.05, 0) is 61.4 Å². The van der Waals surface area contributed by atoms with Gasteiger partial charge >= 0.3 is 0 Å². The Kier molecular flexibility index (Phi) is 6.10. The first kappa shape index (κ1) is 16.7. The van der Waals surface area contributed by atoms with E-state index in [0.717, 1.165) is 17.0 Å². The number of carbonyl (C=O) groups excluding carboxylic acids is 1. The zero-order valence-corrected chi connectivity index (χ0v) is 13.7. The predicted molar refractivity (Wildman–Crippen MR) is 91.0 cm³/mol. The normalized spacial score (nSPS) is 10.3. The van der Waals surface area contributed by atoms with E-state index in [9.17, 15) is 4.79 Å². The largest absolute Gasteiger partial charge is 0.494 e. The molecule has 5 heteroatoms. The van der Waals surface area contributed by atoms with Crippen LogP contribution in [-0.2, 0) is 4.79 Å². The molecule has 22 heavy (non-hydrogen) atoms. The van der Waals surface area contributed by atoms with Crippen LogP contribution in [0.25, 0.3) is 0 Å². The van der Waals surface area contributed by atoms with Gasteiger partial charge in [-0.2, -0.15) is 0 Å². The van der Waals surface area contributed by atoms with Crippen molar-refractivity contribution in [3.05, 3.63) is 58.1 Å². The second-order valence-corrected chi connectivity index (χ2v) is 5.79. The van der Waals surface area contributed by atoms with Crippen molar-refractivity contribution in [3.63, 3.8) is 0 Å². The molecule has 3 nitrogen and oxygen atoms in total. The molecule has 0 fully saturated rings. The van der Waals surface area contributed by atoms with Gasteiger partial charge in [0.15, 0.2) is 0 Å². The van der Waals surface area contributed by atoms with Gasteiger partial charge in [-0.1, -0.05) is 23.2 Å². The summed E-state index contributed by atoms with van der Waals surface area (Å²) in [6.07, 6.45) is 1.04. The van der Waals surface area contributed by atoms with Crippen LogP contribution in [0.15, 0.2) is 42.5 Å². The second-order valence-electron chi connectivity index (χ2n) is 4.91. The first-order valence-corrected chi connectivity index (χ1v) is 7.74. The Labute approximate surface area is 140 Å². The van der Waals surface area contributed by atoms with Gasteiger partial charge in [0.1, 0.15) is 5.75 Å². The quantitative estimate of drug-likeness (QED) is 0.744. The molecule has 0 radical (unpaired) electrons. The number of halogens is 2. The van der Waals surface area contributed by atoms with Crippen molar-refractivity contribution in [2.75, 3.05) is 11.9 Å². The van der Waals surface area contributed by atoms with Gasteiger partial charge in [0.05, 0.1) is 6.61 Å². The van der Waals surface area contributed by atoms with Crippen molar-refractivity contribution in [2.45, 2.75) is 19.8 Å². The number of benzene rings is 2. The lowest BCUT2D eigenvalue weighted by Gasteiger charge is -2.09. The fourth-order valence-electron chi connectivity index (χ4n) is 1.93. The molecule has 0 saturated carbocycles. The van der Waals surface area contributed by atoms with Crippen molar-refractivity contribution in [1.82, 2.24) is 0 Å². The Bertz CT molecular complexity index is 642. The first-order valence-electron chi connectivity index (χ1n) is 6.99. The number of ether oxygens (including phenoxy) is 1. The summed E-state index contributed by atoms with van der Waals surface area (Å²) >= 11 is 11.7. The topological polar surface area (TPSA) is 38.3 Å². The number of hydrogen-bond acceptors (Lipinski definition) is 2. The minimum absolute atomic E-state index is 0.0369. The van der Waals surface area contributed by atoms with Gasteiger partial charge in [0.2, 0.25) is 5.91 Å². The SMILES string of the molecule is Cc1cc(Cl)ccc1NC(=O)CCCOc1ccc(Cl)cc1. The molecule has 0 bridgehead atoms. The fourth-order valence-corrected chi connectivity index (χ4v) is 2.29. The van der Waals surface area contributed by atoms with Gasteiger partial charge in [-0.3, -0.25) is 4.79 Å². The van der Waals surface area contributed by atoms with Crippen molar-refractivity contribution in [1.29, 1.82) is 0 Å².